The molecule has 0 fully saturated rings. The molecule has 94 valence electrons. The normalized spacial score (nSPS) is 11.6. The number of carboxylic acids is 1. The molecule has 1 aromatic rings. The second kappa shape index (κ2) is 4.53. The van der Waals surface area contributed by atoms with Crippen molar-refractivity contribution in [3.05, 3.63) is 28.0 Å². The summed E-state index contributed by atoms with van der Waals surface area (Å²) in [5.74, 6) is -2.39. The van der Waals surface area contributed by atoms with Crippen LogP contribution in [0.3, 0.4) is 0 Å². The Balaban J connectivity index is 3.44. The van der Waals surface area contributed by atoms with Gasteiger partial charge in [0.1, 0.15) is 0 Å². The van der Waals surface area contributed by atoms with Crippen molar-refractivity contribution in [2.75, 3.05) is 0 Å². The Kier molecular flexibility index (Phi) is 3.67. The van der Waals surface area contributed by atoms with Crippen LogP contribution in [0.1, 0.15) is 31.4 Å². The Labute approximate surface area is 104 Å². The molecule has 2 N–H and O–H groups in total. The first-order valence-corrected chi connectivity index (χ1v) is 5.44. The molecule has 0 bridgehead atoms. The fraction of sp³-hybridized carbons (Fsp3) is 0.417. The van der Waals surface area contributed by atoms with E-state index in [1.165, 1.54) is 0 Å². The third-order valence-electron chi connectivity index (χ3n) is 2.72. The van der Waals surface area contributed by atoms with E-state index in [1.54, 1.807) is 20.8 Å². The first-order chi connectivity index (χ1) is 7.66. The van der Waals surface area contributed by atoms with Crippen LogP contribution < -0.4 is 0 Å². The lowest BCUT2D eigenvalue weighted by atomic mass is 9.78. The molecule has 0 aliphatic rings. The highest BCUT2D eigenvalue weighted by molar-refractivity contribution is 6.31. The highest BCUT2D eigenvalue weighted by atomic mass is 35.5. The zero-order chi connectivity index (χ0) is 13.4. The molecule has 17 heavy (non-hydrogen) atoms. The largest absolute Gasteiger partial charge is 0.505 e. The van der Waals surface area contributed by atoms with Gasteiger partial charge in [0.2, 0.25) is 0 Å². The Morgan fingerprint density at radius 1 is 1.53 bits per heavy atom. The molecule has 5 heteroatoms. The van der Waals surface area contributed by atoms with Crippen molar-refractivity contribution in [1.82, 2.24) is 0 Å². The number of halogens is 2. The van der Waals surface area contributed by atoms with Crippen molar-refractivity contribution in [3.63, 3.8) is 0 Å². The lowest BCUT2D eigenvalue weighted by Gasteiger charge is -2.26. The van der Waals surface area contributed by atoms with E-state index in [0.29, 0.717) is 5.56 Å². The van der Waals surface area contributed by atoms with Crippen LogP contribution in [0.25, 0.3) is 0 Å². The van der Waals surface area contributed by atoms with Gasteiger partial charge < -0.3 is 10.2 Å². The number of phenolic OH excluding ortho intramolecular Hbond substituents is 1. The maximum absolute atomic E-state index is 13.4. The third kappa shape index (κ3) is 2.69. The zero-order valence-corrected chi connectivity index (χ0v) is 10.6. The number of carbonyl (C=O) groups is 1. The van der Waals surface area contributed by atoms with Gasteiger partial charge in [-0.05, 0) is 18.6 Å². The predicted molar refractivity (Wildman–Crippen MR) is 63.1 cm³/mol. The monoisotopic (exact) mass is 260 g/mol. The van der Waals surface area contributed by atoms with E-state index in [1.807, 2.05) is 0 Å². The van der Waals surface area contributed by atoms with Gasteiger partial charge >= 0.3 is 5.97 Å². The number of phenols is 1. The molecule has 0 aromatic heterocycles. The molecule has 0 atom stereocenters. The summed E-state index contributed by atoms with van der Waals surface area (Å²) >= 11 is 5.84. The summed E-state index contributed by atoms with van der Waals surface area (Å²) in [5, 5.41) is 18.7. The molecule has 0 aliphatic heterocycles. The standard InChI is InChI=1S/C12H14ClFO3/c1-6-7(13)4-8(14)11(17)10(6)12(2,3)5-9(15)16/h4,17H,5H2,1-3H3,(H,15,16). The van der Waals surface area contributed by atoms with Crippen LogP contribution in [0, 0.1) is 12.7 Å². The van der Waals surface area contributed by atoms with Crippen molar-refractivity contribution in [3.8, 4) is 5.75 Å². The molecular weight excluding hydrogens is 247 g/mol. The fourth-order valence-corrected chi connectivity index (χ4v) is 2.19. The van der Waals surface area contributed by atoms with Crippen LogP contribution in [-0.2, 0) is 10.2 Å². The van der Waals surface area contributed by atoms with Gasteiger partial charge in [-0.25, -0.2) is 4.39 Å². The van der Waals surface area contributed by atoms with Crippen LogP contribution in [0.4, 0.5) is 4.39 Å². The minimum atomic E-state index is -1.02. The van der Waals surface area contributed by atoms with Crippen molar-refractivity contribution >= 4 is 17.6 Å². The van der Waals surface area contributed by atoms with E-state index in [4.69, 9.17) is 16.7 Å². The van der Waals surface area contributed by atoms with Crippen LogP contribution in [0.5, 0.6) is 5.75 Å². The zero-order valence-electron chi connectivity index (χ0n) is 9.84. The number of carboxylic acid groups (broad SMARTS) is 1. The number of aliphatic carboxylic acids is 1. The van der Waals surface area contributed by atoms with E-state index in [2.05, 4.69) is 0 Å². The highest BCUT2D eigenvalue weighted by Crippen LogP contribution is 2.40. The maximum Gasteiger partial charge on any atom is 0.304 e. The second-order valence-electron chi connectivity index (χ2n) is 4.64. The highest BCUT2D eigenvalue weighted by Gasteiger charge is 2.31. The van der Waals surface area contributed by atoms with E-state index < -0.39 is 23.0 Å². The first-order valence-electron chi connectivity index (χ1n) is 5.06. The predicted octanol–water partition coefficient (Wildman–Crippen LogP) is 3.25. The van der Waals surface area contributed by atoms with Gasteiger partial charge in [0.25, 0.3) is 0 Å². The van der Waals surface area contributed by atoms with Crippen LogP contribution in [-0.4, -0.2) is 16.2 Å². The van der Waals surface area contributed by atoms with Gasteiger partial charge in [-0.15, -0.1) is 0 Å². The summed E-state index contributed by atoms with van der Waals surface area (Å²) in [7, 11) is 0. The molecule has 3 nitrogen and oxygen atoms in total. The summed E-state index contributed by atoms with van der Waals surface area (Å²) in [6, 6.07) is 1.02. The van der Waals surface area contributed by atoms with E-state index in [9.17, 15) is 14.3 Å². The van der Waals surface area contributed by atoms with Gasteiger partial charge in [0.15, 0.2) is 11.6 Å². The van der Waals surface area contributed by atoms with Gasteiger partial charge in [0, 0.05) is 16.0 Å². The van der Waals surface area contributed by atoms with E-state index in [0.717, 1.165) is 6.07 Å². The number of rotatable bonds is 3. The molecular formula is C12H14ClFO3. The van der Waals surface area contributed by atoms with Crippen LogP contribution in [0.2, 0.25) is 5.02 Å². The average Bonchev–Trinajstić information content (AvgIpc) is 2.12. The van der Waals surface area contributed by atoms with Crippen molar-refractivity contribution in [2.24, 2.45) is 0 Å². The van der Waals surface area contributed by atoms with Gasteiger partial charge in [-0.1, -0.05) is 25.4 Å². The third-order valence-corrected chi connectivity index (χ3v) is 3.11. The molecule has 0 saturated heterocycles. The lowest BCUT2D eigenvalue weighted by molar-refractivity contribution is -0.138. The topological polar surface area (TPSA) is 57.5 Å². The van der Waals surface area contributed by atoms with Crippen molar-refractivity contribution in [2.45, 2.75) is 32.6 Å². The minimum absolute atomic E-state index is 0.175. The molecule has 0 aliphatic carbocycles. The van der Waals surface area contributed by atoms with Crippen molar-refractivity contribution in [1.29, 1.82) is 0 Å². The molecule has 0 heterocycles. The Morgan fingerprint density at radius 2 is 2.06 bits per heavy atom. The average molecular weight is 261 g/mol. The molecule has 0 radical (unpaired) electrons. The second-order valence-corrected chi connectivity index (χ2v) is 5.05. The molecule has 0 unspecified atom stereocenters. The van der Waals surface area contributed by atoms with Crippen LogP contribution >= 0.6 is 11.6 Å². The van der Waals surface area contributed by atoms with E-state index >= 15 is 0 Å². The summed E-state index contributed by atoms with van der Waals surface area (Å²) in [6.45, 7) is 4.87. The van der Waals surface area contributed by atoms with Gasteiger partial charge in [0.05, 0.1) is 6.42 Å². The SMILES string of the molecule is Cc1c(Cl)cc(F)c(O)c1C(C)(C)CC(=O)O. The van der Waals surface area contributed by atoms with E-state index in [-0.39, 0.29) is 17.0 Å². The number of hydrogen-bond donors (Lipinski definition) is 2. The molecule has 0 saturated carbocycles. The molecule has 1 aromatic carbocycles. The smallest absolute Gasteiger partial charge is 0.304 e. The Bertz CT molecular complexity index is 443. The number of aromatic hydroxyl groups is 1. The number of benzene rings is 1. The summed E-state index contributed by atoms with van der Waals surface area (Å²) < 4.78 is 13.4. The van der Waals surface area contributed by atoms with Crippen LogP contribution in [0.15, 0.2) is 6.07 Å². The maximum atomic E-state index is 13.4. The van der Waals surface area contributed by atoms with Gasteiger partial charge in [-0.3, -0.25) is 4.79 Å². The fourth-order valence-electron chi connectivity index (χ4n) is 2.00. The summed E-state index contributed by atoms with van der Waals surface area (Å²) in [5.41, 5.74) is -0.159. The number of hydrogen-bond acceptors (Lipinski definition) is 2. The Hall–Kier alpha value is -1.29. The molecule has 0 amide bonds. The minimum Gasteiger partial charge on any atom is -0.505 e. The molecule has 1 rings (SSSR count). The summed E-state index contributed by atoms with van der Waals surface area (Å²) in [4.78, 5) is 10.8. The quantitative estimate of drug-likeness (QED) is 0.877. The Morgan fingerprint density at radius 3 is 2.53 bits per heavy atom. The van der Waals surface area contributed by atoms with Gasteiger partial charge in [-0.2, -0.15) is 0 Å². The summed E-state index contributed by atoms with van der Waals surface area (Å²) in [6.07, 6.45) is -0.221. The van der Waals surface area contributed by atoms with Crippen molar-refractivity contribution < 1.29 is 19.4 Å². The lowest BCUT2D eigenvalue weighted by Crippen LogP contribution is -2.23. The molecule has 0 spiro atoms. The first kappa shape index (κ1) is 13.8.